The molecule has 1 unspecified atom stereocenters. The lowest BCUT2D eigenvalue weighted by atomic mass is 10.1. The maximum absolute atomic E-state index is 12.0. The van der Waals surface area contributed by atoms with Crippen molar-refractivity contribution in [3.8, 4) is 0 Å². The molecule has 4 N–H and O–H groups in total. The number of rotatable bonds is 0. The maximum atomic E-state index is 12.0. The predicted octanol–water partition coefficient (Wildman–Crippen LogP) is -1.76. The molecule has 0 saturated carbocycles. The van der Waals surface area contributed by atoms with E-state index >= 15 is 0 Å². The number of nitrogens with zero attached hydrogens (tertiary/aromatic N) is 1. The van der Waals surface area contributed by atoms with E-state index in [1.807, 2.05) is 0 Å². The lowest BCUT2D eigenvalue weighted by molar-refractivity contribution is -0.0550. The van der Waals surface area contributed by atoms with Crippen LogP contribution in [0.25, 0.3) is 0 Å². The van der Waals surface area contributed by atoms with Crippen LogP contribution in [0.15, 0.2) is 15.8 Å². The summed E-state index contributed by atoms with van der Waals surface area (Å²) in [6, 6.07) is 0. The monoisotopic (exact) mass is 364 g/mol. The number of aliphatic hydroxyl groups is 2. The molecule has 0 aromatic carbocycles. The Labute approximate surface area is 135 Å². The van der Waals surface area contributed by atoms with Gasteiger partial charge in [-0.3, -0.25) is 23.4 Å². The number of phosphoric acid groups is 1. The fourth-order valence-corrected chi connectivity index (χ4v) is 3.41. The van der Waals surface area contributed by atoms with Gasteiger partial charge in [-0.15, -0.1) is 0 Å². The van der Waals surface area contributed by atoms with Crippen LogP contribution in [0.1, 0.15) is 18.2 Å². The van der Waals surface area contributed by atoms with Crippen molar-refractivity contribution in [3.05, 3.63) is 32.6 Å². The summed E-state index contributed by atoms with van der Waals surface area (Å²) in [5.41, 5.74) is -1.21. The van der Waals surface area contributed by atoms with Gasteiger partial charge in [0, 0.05) is 11.8 Å². The molecule has 5 atom stereocenters. The van der Waals surface area contributed by atoms with Crippen molar-refractivity contribution in [1.82, 2.24) is 9.55 Å². The fraction of sp³-hybridized carbons (Fsp3) is 0.667. The quantitative estimate of drug-likeness (QED) is 0.391. The van der Waals surface area contributed by atoms with Crippen molar-refractivity contribution in [2.75, 3.05) is 13.2 Å². The molecule has 134 valence electrons. The number of hydrogen-bond donors (Lipinski definition) is 4. The first-order chi connectivity index (χ1) is 11.3. The minimum absolute atomic E-state index is 0.146. The summed E-state index contributed by atoms with van der Waals surface area (Å²) in [7, 11) is -4.36. The molecule has 1 saturated heterocycles. The highest BCUT2D eigenvalue weighted by Crippen LogP contribution is 2.44. The molecule has 0 spiro atoms. The van der Waals surface area contributed by atoms with Crippen LogP contribution >= 0.6 is 7.82 Å². The van der Waals surface area contributed by atoms with Gasteiger partial charge in [0.25, 0.3) is 5.56 Å². The second kappa shape index (κ2) is 6.52. The molecule has 12 heteroatoms. The molecule has 1 aromatic rings. The summed E-state index contributed by atoms with van der Waals surface area (Å²) in [5, 5.41) is 20.1. The van der Waals surface area contributed by atoms with Gasteiger partial charge in [-0.1, -0.05) is 0 Å². The third kappa shape index (κ3) is 3.38. The molecule has 3 heterocycles. The number of aromatic nitrogens is 2. The van der Waals surface area contributed by atoms with Gasteiger partial charge in [-0.05, 0) is 12.8 Å². The molecule has 4 bridgehead atoms. The fourth-order valence-electron chi connectivity index (χ4n) is 2.64. The molecule has 0 amide bonds. The Morgan fingerprint density at radius 3 is 2.75 bits per heavy atom. The van der Waals surface area contributed by atoms with Crippen molar-refractivity contribution < 1.29 is 33.5 Å². The van der Waals surface area contributed by atoms with Crippen molar-refractivity contribution in [2.45, 2.75) is 37.4 Å². The standard InChI is InChI=1S/C12H17N2O9P/c15-8-7-5-22-24(19,20)21-3-1-2-6-4-14(11(23-7)9(8)16)12(18)13-10(6)17/h4,7-9,11,15-16H,1-3,5H2,(H,19,20)(H,13,17,18)/t7-,8-,9-,11-/m1/s1. The van der Waals surface area contributed by atoms with Crippen molar-refractivity contribution in [2.24, 2.45) is 0 Å². The molecule has 3 rings (SSSR count). The van der Waals surface area contributed by atoms with E-state index in [-0.39, 0.29) is 25.0 Å². The highest BCUT2D eigenvalue weighted by atomic mass is 31.2. The third-order valence-electron chi connectivity index (χ3n) is 3.90. The van der Waals surface area contributed by atoms with Gasteiger partial charge in [-0.2, -0.15) is 0 Å². The number of ether oxygens (including phenoxy) is 1. The summed E-state index contributed by atoms with van der Waals surface area (Å²) in [5.74, 6) is 0. The van der Waals surface area contributed by atoms with Crippen molar-refractivity contribution in [1.29, 1.82) is 0 Å². The summed E-state index contributed by atoms with van der Waals surface area (Å²) >= 11 is 0. The zero-order valence-corrected chi connectivity index (χ0v) is 13.3. The van der Waals surface area contributed by atoms with E-state index in [0.717, 1.165) is 4.57 Å². The van der Waals surface area contributed by atoms with Crippen molar-refractivity contribution in [3.63, 3.8) is 0 Å². The molecule has 2 aliphatic heterocycles. The van der Waals surface area contributed by atoms with E-state index < -0.39 is 50.2 Å². The molecule has 11 nitrogen and oxygen atoms in total. The second-order valence-corrected chi connectivity index (χ2v) is 7.02. The first-order valence-electron chi connectivity index (χ1n) is 7.26. The minimum Gasteiger partial charge on any atom is -0.387 e. The van der Waals surface area contributed by atoms with Gasteiger partial charge in [0.2, 0.25) is 0 Å². The Morgan fingerprint density at radius 1 is 1.25 bits per heavy atom. The normalized spacial score (nSPS) is 37.3. The SMILES string of the molecule is O=c1[nH]c(=O)n2cc1CCCOP(=O)(O)OC[C@H]1O[C@@H]2[C@H](O)[C@@H]1O. The third-order valence-corrected chi connectivity index (χ3v) is 4.88. The average molecular weight is 364 g/mol. The molecular formula is C12H17N2O9P. The number of aliphatic hydroxyl groups excluding tert-OH is 2. The van der Waals surface area contributed by atoms with Crippen LogP contribution in [0.4, 0.5) is 0 Å². The van der Waals surface area contributed by atoms with Crippen LogP contribution in [-0.4, -0.2) is 56.2 Å². The highest BCUT2D eigenvalue weighted by Gasteiger charge is 2.45. The van der Waals surface area contributed by atoms with Crippen molar-refractivity contribution >= 4 is 7.82 Å². The van der Waals surface area contributed by atoms with E-state index in [4.69, 9.17) is 13.8 Å². The molecule has 0 aliphatic carbocycles. The average Bonchev–Trinajstić information content (AvgIpc) is 2.79. The predicted molar refractivity (Wildman–Crippen MR) is 77.3 cm³/mol. The number of nitrogens with one attached hydrogen (secondary N) is 1. The van der Waals surface area contributed by atoms with E-state index in [0.29, 0.717) is 0 Å². The van der Waals surface area contributed by atoms with Gasteiger partial charge in [0.1, 0.15) is 18.3 Å². The number of H-pyrrole nitrogens is 1. The summed E-state index contributed by atoms with van der Waals surface area (Å²) in [6.07, 6.45) is -3.74. The van der Waals surface area contributed by atoms with Crippen LogP contribution in [0, 0.1) is 0 Å². The van der Waals surface area contributed by atoms with E-state index in [9.17, 15) is 29.3 Å². The Morgan fingerprint density at radius 2 is 2.00 bits per heavy atom. The van der Waals surface area contributed by atoms with Gasteiger partial charge in [0.15, 0.2) is 6.23 Å². The van der Waals surface area contributed by atoms with Crippen LogP contribution in [0.2, 0.25) is 0 Å². The van der Waals surface area contributed by atoms with Crippen LogP contribution < -0.4 is 11.2 Å². The highest BCUT2D eigenvalue weighted by molar-refractivity contribution is 7.47. The van der Waals surface area contributed by atoms with Crippen LogP contribution in [0.5, 0.6) is 0 Å². The Balaban J connectivity index is 2.01. The smallest absolute Gasteiger partial charge is 0.387 e. The first kappa shape index (κ1) is 17.5. The number of hydrogen-bond acceptors (Lipinski definition) is 8. The van der Waals surface area contributed by atoms with Gasteiger partial charge in [-0.25, -0.2) is 9.36 Å². The van der Waals surface area contributed by atoms with Gasteiger partial charge < -0.3 is 19.8 Å². The summed E-state index contributed by atoms with van der Waals surface area (Å²) in [4.78, 5) is 35.5. The number of phosphoric ester groups is 1. The van der Waals surface area contributed by atoms with E-state index in [1.54, 1.807) is 0 Å². The zero-order valence-electron chi connectivity index (χ0n) is 12.4. The molecule has 0 radical (unpaired) electrons. The van der Waals surface area contributed by atoms with E-state index in [2.05, 4.69) is 4.98 Å². The lowest BCUT2D eigenvalue weighted by Crippen LogP contribution is -2.39. The summed E-state index contributed by atoms with van der Waals surface area (Å²) < 4.78 is 27.6. The van der Waals surface area contributed by atoms with Gasteiger partial charge >= 0.3 is 13.5 Å². The Hall–Kier alpha value is -1.33. The minimum atomic E-state index is -4.36. The zero-order chi connectivity index (χ0) is 17.5. The largest absolute Gasteiger partial charge is 0.472 e. The lowest BCUT2D eigenvalue weighted by Gasteiger charge is -2.17. The molecule has 1 aromatic heterocycles. The number of aryl methyl sites for hydroxylation is 1. The van der Waals surface area contributed by atoms with Crippen LogP contribution in [0.3, 0.4) is 0 Å². The maximum Gasteiger partial charge on any atom is 0.472 e. The number of fused-ring (bicyclic) bond motifs is 5. The Bertz CT molecular complexity index is 775. The number of aromatic amines is 1. The Kier molecular flexibility index (Phi) is 4.76. The van der Waals surface area contributed by atoms with Gasteiger partial charge in [0.05, 0.1) is 13.2 Å². The van der Waals surface area contributed by atoms with E-state index in [1.165, 1.54) is 6.20 Å². The molecule has 2 aliphatic rings. The van der Waals surface area contributed by atoms with Crippen LogP contribution in [-0.2, 0) is 24.8 Å². The molecule has 1 fully saturated rings. The summed E-state index contributed by atoms with van der Waals surface area (Å²) in [6.45, 7) is -0.667. The molecule has 24 heavy (non-hydrogen) atoms. The second-order valence-electron chi connectivity index (χ2n) is 5.57. The molecular weight excluding hydrogens is 347 g/mol. The topological polar surface area (TPSA) is 160 Å². The first-order valence-corrected chi connectivity index (χ1v) is 8.76.